The molecule has 1 heterocycles. The summed E-state index contributed by atoms with van der Waals surface area (Å²) in [4.78, 5) is 12.2. The highest BCUT2D eigenvalue weighted by molar-refractivity contribution is 9.10. The minimum absolute atomic E-state index is 0.197. The first kappa shape index (κ1) is 13.8. The van der Waals surface area contributed by atoms with Gasteiger partial charge in [-0.2, -0.15) is 0 Å². The van der Waals surface area contributed by atoms with Gasteiger partial charge in [-0.3, -0.25) is 4.79 Å². The Hall–Kier alpha value is -1.62. The van der Waals surface area contributed by atoms with E-state index < -0.39 is 0 Å². The Labute approximate surface area is 120 Å². The number of aromatic nitrogens is 1. The number of rotatable bonds is 2. The number of nitrogens with zero attached hydrogens (tertiary/aromatic N) is 1. The molecule has 0 aliphatic rings. The van der Waals surface area contributed by atoms with Crippen molar-refractivity contribution >= 4 is 27.5 Å². The zero-order valence-electron chi connectivity index (χ0n) is 11.3. The van der Waals surface area contributed by atoms with Crippen molar-refractivity contribution in [3.05, 3.63) is 44.7 Å². The minimum atomic E-state index is -0.197. The van der Waals surface area contributed by atoms with Gasteiger partial charge in [-0.25, -0.2) is 0 Å². The molecule has 1 N–H and O–H groups in total. The van der Waals surface area contributed by atoms with Gasteiger partial charge >= 0.3 is 0 Å². The van der Waals surface area contributed by atoms with E-state index in [0.717, 1.165) is 21.3 Å². The Morgan fingerprint density at radius 2 is 1.79 bits per heavy atom. The van der Waals surface area contributed by atoms with Crippen molar-refractivity contribution in [2.75, 3.05) is 5.32 Å². The largest absolute Gasteiger partial charge is 0.361 e. The van der Waals surface area contributed by atoms with Crippen molar-refractivity contribution in [3.8, 4) is 0 Å². The van der Waals surface area contributed by atoms with E-state index in [4.69, 9.17) is 4.52 Å². The second-order valence-electron chi connectivity index (χ2n) is 4.58. The van der Waals surface area contributed by atoms with Gasteiger partial charge in [-0.05, 0) is 51.0 Å². The molecular formula is C14H15BrN2O2. The van der Waals surface area contributed by atoms with E-state index >= 15 is 0 Å². The molecule has 100 valence electrons. The number of aryl methyl sites for hydroxylation is 4. The van der Waals surface area contributed by atoms with Crippen LogP contribution in [0.2, 0.25) is 0 Å². The summed E-state index contributed by atoms with van der Waals surface area (Å²) in [6.07, 6.45) is 0. The van der Waals surface area contributed by atoms with Gasteiger partial charge in [0.25, 0.3) is 5.91 Å². The van der Waals surface area contributed by atoms with Crippen LogP contribution in [0.15, 0.2) is 21.1 Å². The fraction of sp³-hybridized carbons (Fsp3) is 0.286. The first-order valence-corrected chi connectivity index (χ1v) is 6.70. The number of anilines is 1. The fourth-order valence-corrected chi connectivity index (χ4v) is 2.25. The molecule has 0 aliphatic carbocycles. The number of hydrogen-bond acceptors (Lipinski definition) is 3. The summed E-state index contributed by atoms with van der Waals surface area (Å²) < 4.78 is 6.06. The Morgan fingerprint density at radius 3 is 2.26 bits per heavy atom. The molecule has 0 unspecified atom stereocenters. The van der Waals surface area contributed by atoms with Gasteiger partial charge in [0.1, 0.15) is 11.3 Å². The van der Waals surface area contributed by atoms with Crippen LogP contribution in [-0.2, 0) is 0 Å². The first-order valence-electron chi connectivity index (χ1n) is 5.91. The molecule has 0 saturated carbocycles. The molecule has 4 nitrogen and oxygen atoms in total. The van der Waals surface area contributed by atoms with E-state index in [1.807, 2.05) is 26.0 Å². The number of benzene rings is 1. The van der Waals surface area contributed by atoms with Crippen LogP contribution in [0.5, 0.6) is 0 Å². The van der Waals surface area contributed by atoms with Crippen LogP contribution >= 0.6 is 15.9 Å². The lowest BCUT2D eigenvalue weighted by molar-refractivity contribution is 0.102. The Morgan fingerprint density at radius 1 is 1.21 bits per heavy atom. The quantitative estimate of drug-likeness (QED) is 0.911. The van der Waals surface area contributed by atoms with Gasteiger partial charge in [-0.1, -0.05) is 21.1 Å². The number of carbonyl (C=O) groups is 1. The highest BCUT2D eigenvalue weighted by Crippen LogP contribution is 2.25. The second kappa shape index (κ2) is 5.17. The molecule has 0 fully saturated rings. The van der Waals surface area contributed by atoms with Crippen molar-refractivity contribution in [2.24, 2.45) is 0 Å². The molecule has 2 aromatic rings. The van der Waals surface area contributed by atoms with Crippen LogP contribution in [0, 0.1) is 27.7 Å². The Balaban J connectivity index is 2.30. The average Bonchev–Trinajstić information content (AvgIpc) is 2.66. The maximum atomic E-state index is 12.2. The van der Waals surface area contributed by atoms with Gasteiger partial charge in [0, 0.05) is 10.2 Å². The van der Waals surface area contributed by atoms with Crippen molar-refractivity contribution in [1.82, 2.24) is 5.16 Å². The molecule has 1 aromatic carbocycles. The molecule has 5 heteroatoms. The molecule has 2 rings (SSSR count). The Bertz CT molecular complexity index is 604. The molecule has 0 aliphatic heterocycles. The third-order valence-corrected chi connectivity index (χ3v) is 4.21. The monoisotopic (exact) mass is 322 g/mol. The highest BCUT2D eigenvalue weighted by atomic mass is 79.9. The summed E-state index contributed by atoms with van der Waals surface area (Å²) in [5.41, 5.74) is 4.02. The summed E-state index contributed by atoms with van der Waals surface area (Å²) in [5.74, 6) is 0.331. The summed E-state index contributed by atoms with van der Waals surface area (Å²) in [6, 6.07) is 3.85. The normalized spacial score (nSPS) is 10.6. The van der Waals surface area contributed by atoms with Crippen molar-refractivity contribution in [3.63, 3.8) is 0 Å². The van der Waals surface area contributed by atoms with E-state index in [1.54, 1.807) is 13.8 Å². The van der Waals surface area contributed by atoms with Gasteiger partial charge in [0.2, 0.25) is 0 Å². The van der Waals surface area contributed by atoms with Crippen molar-refractivity contribution in [1.29, 1.82) is 0 Å². The van der Waals surface area contributed by atoms with Crippen LogP contribution in [-0.4, -0.2) is 11.1 Å². The predicted molar refractivity (Wildman–Crippen MR) is 77.5 cm³/mol. The molecule has 0 saturated heterocycles. The molecule has 1 aromatic heterocycles. The summed E-state index contributed by atoms with van der Waals surface area (Å²) in [6.45, 7) is 7.46. The topological polar surface area (TPSA) is 55.1 Å². The first-order chi connectivity index (χ1) is 8.90. The smallest absolute Gasteiger partial charge is 0.261 e. The molecule has 1 amide bonds. The van der Waals surface area contributed by atoms with Gasteiger partial charge in [0.15, 0.2) is 0 Å². The van der Waals surface area contributed by atoms with E-state index in [0.29, 0.717) is 17.0 Å². The zero-order chi connectivity index (χ0) is 14.2. The number of halogens is 1. The van der Waals surface area contributed by atoms with E-state index in [2.05, 4.69) is 26.4 Å². The summed E-state index contributed by atoms with van der Waals surface area (Å²) in [5, 5.41) is 6.66. The summed E-state index contributed by atoms with van der Waals surface area (Å²) in [7, 11) is 0. The third kappa shape index (κ3) is 2.71. The van der Waals surface area contributed by atoms with Crippen molar-refractivity contribution < 1.29 is 9.32 Å². The van der Waals surface area contributed by atoms with Crippen LogP contribution in [0.4, 0.5) is 5.69 Å². The SMILES string of the molecule is Cc1cc(NC(=O)c2c(C)noc2C)cc(C)c1Br. The van der Waals surface area contributed by atoms with Gasteiger partial charge in [-0.15, -0.1) is 0 Å². The molecule has 0 radical (unpaired) electrons. The average molecular weight is 323 g/mol. The molecule has 0 atom stereocenters. The lowest BCUT2D eigenvalue weighted by Gasteiger charge is -2.09. The number of carbonyl (C=O) groups excluding carboxylic acids is 1. The molecule has 19 heavy (non-hydrogen) atoms. The highest BCUT2D eigenvalue weighted by Gasteiger charge is 2.17. The summed E-state index contributed by atoms with van der Waals surface area (Å²) >= 11 is 3.50. The molecule has 0 bridgehead atoms. The number of amides is 1. The molecule has 0 spiro atoms. The maximum absolute atomic E-state index is 12.2. The van der Waals surface area contributed by atoms with Crippen LogP contribution in [0.1, 0.15) is 32.9 Å². The fourth-order valence-electron chi connectivity index (χ4n) is 2.02. The lowest BCUT2D eigenvalue weighted by Crippen LogP contribution is -2.13. The van der Waals surface area contributed by atoms with Crippen LogP contribution in [0.25, 0.3) is 0 Å². The molecular weight excluding hydrogens is 308 g/mol. The predicted octanol–water partition coefficient (Wildman–Crippen LogP) is 3.92. The van der Waals surface area contributed by atoms with E-state index in [9.17, 15) is 4.79 Å². The minimum Gasteiger partial charge on any atom is -0.361 e. The van der Waals surface area contributed by atoms with Crippen molar-refractivity contribution in [2.45, 2.75) is 27.7 Å². The lowest BCUT2D eigenvalue weighted by atomic mass is 10.1. The number of hydrogen-bond donors (Lipinski definition) is 1. The standard InChI is InChI=1S/C14H15BrN2O2/c1-7-5-11(6-8(2)13(7)15)16-14(18)12-9(3)17-19-10(12)4/h5-6H,1-4H3,(H,16,18). The third-order valence-electron chi connectivity index (χ3n) is 2.95. The van der Waals surface area contributed by atoms with E-state index in [1.165, 1.54) is 0 Å². The second-order valence-corrected chi connectivity index (χ2v) is 5.37. The Kier molecular flexibility index (Phi) is 3.75. The van der Waals surface area contributed by atoms with Gasteiger partial charge in [0.05, 0.1) is 5.69 Å². The van der Waals surface area contributed by atoms with E-state index in [-0.39, 0.29) is 5.91 Å². The maximum Gasteiger partial charge on any atom is 0.261 e. The zero-order valence-corrected chi connectivity index (χ0v) is 12.9. The van der Waals surface area contributed by atoms with Crippen LogP contribution < -0.4 is 5.32 Å². The van der Waals surface area contributed by atoms with Crippen LogP contribution in [0.3, 0.4) is 0 Å². The van der Waals surface area contributed by atoms with Gasteiger partial charge < -0.3 is 9.84 Å². The number of nitrogens with one attached hydrogen (secondary N) is 1.